The van der Waals surface area contributed by atoms with Gasteiger partial charge in [0.2, 0.25) is 0 Å². The second kappa shape index (κ2) is 7.76. The van der Waals surface area contributed by atoms with E-state index in [0.717, 1.165) is 36.1 Å². The number of hydrogen-bond donors (Lipinski definition) is 1. The molecule has 132 valence electrons. The zero-order chi connectivity index (χ0) is 17.1. The second-order valence-corrected chi connectivity index (χ2v) is 8.42. The molecule has 3 heterocycles. The summed E-state index contributed by atoms with van der Waals surface area (Å²) >= 11 is 3.62. The topological polar surface area (TPSA) is 46.0 Å². The minimum absolute atomic E-state index is 0.618. The predicted molar refractivity (Wildman–Crippen MR) is 107 cm³/mol. The Morgan fingerprint density at radius 2 is 2.12 bits per heavy atom. The van der Waals surface area contributed by atoms with E-state index in [9.17, 15) is 0 Å². The average molecular weight is 374 g/mol. The largest absolute Gasteiger partial charge is 0.348 e. The summed E-state index contributed by atoms with van der Waals surface area (Å²) in [5, 5.41) is 5.96. The van der Waals surface area contributed by atoms with Crippen LogP contribution in [0.3, 0.4) is 0 Å². The highest BCUT2D eigenvalue weighted by molar-refractivity contribution is 7.99. The summed E-state index contributed by atoms with van der Waals surface area (Å²) in [5.41, 5.74) is 1.12. The van der Waals surface area contributed by atoms with Crippen molar-refractivity contribution in [2.24, 2.45) is 7.05 Å². The van der Waals surface area contributed by atoms with Crippen molar-refractivity contribution in [2.75, 3.05) is 30.3 Å². The van der Waals surface area contributed by atoms with E-state index < -0.39 is 0 Å². The maximum Gasteiger partial charge on any atom is 0.186 e. The summed E-state index contributed by atoms with van der Waals surface area (Å²) in [7, 11) is 2.04. The Morgan fingerprint density at radius 1 is 1.28 bits per heavy atom. The number of para-hydroxylation sites is 1. The number of benzene rings is 1. The lowest BCUT2D eigenvalue weighted by Gasteiger charge is -2.32. The molecule has 0 saturated carbocycles. The zero-order valence-electron chi connectivity index (χ0n) is 14.4. The molecular formula is C18H23N5S2. The molecule has 0 bridgehead atoms. The molecule has 0 spiro atoms. The number of thioether (sulfide) groups is 1. The predicted octanol–water partition coefficient (Wildman–Crippen LogP) is 3.38. The fraction of sp³-hybridized carbons (Fsp3) is 0.444. The van der Waals surface area contributed by atoms with E-state index in [4.69, 9.17) is 4.98 Å². The van der Waals surface area contributed by atoms with Gasteiger partial charge in [0.15, 0.2) is 10.3 Å². The lowest BCUT2D eigenvalue weighted by Crippen LogP contribution is -2.43. The average Bonchev–Trinajstić information content (AvgIpc) is 3.25. The first-order valence-corrected chi connectivity index (χ1v) is 10.5. The quantitative estimate of drug-likeness (QED) is 0.530. The van der Waals surface area contributed by atoms with Crippen molar-refractivity contribution in [1.29, 1.82) is 0 Å². The highest BCUT2D eigenvalue weighted by Crippen LogP contribution is 2.30. The fourth-order valence-electron chi connectivity index (χ4n) is 3.17. The number of fused-ring (bicyclic) bond motifs is 1. The molecule has 0 unspecified atom stereocenters. The normalized spacial score (nSPS) is 16.0. The van der Waals surface area contributed by atoms with E-state index in [1.165, 1.54) is 22.7 Å². The zero-order valence-corrected chi connectivity index (χ0v) is 16.0. The Balaban J connectivity index is 1.22. The van der Waals surface area contributed by atoms with Gasteiger partial charge in [-0.15, -0.1) is 0 Å². The van der Waals surface area contributed by atoms with Crippen LogP contribution in [0, 0.1) is 0 Å². The molecule has 25 heavy (non-hydrogen) atoms. The fourth-order valence-corrected chi connectivity index (χ4v) is 4.99. The first-order chi connectivity index (χ1) is 12.3. The Labute approximate surface area is 156 Å². The summed E-state index contributed by atoms with van der Waals surface area (Å²) in [4.78, 5) is 11.6. The van der Waals surface area contributed by atoms with Crippen LogP contribution < -0.4 is 10.2 Å². The lowest BCUT2D eigenvalue weighted by molar-refractivity contribution is 0.425. The summed E-state index contributed by atoms with van der Waals surface area (Å²) in [6.07, 6.45) is 6.22. The molecule has 0 amide bonds. The van der Waals surface area contributed by atoms with E-state index in [2.05, 4.69) is 44.0 Å². The minimum atomic E-state index is 0.618. The molecule has 3 aromatic rings. The number of rotatable bonds is 6. The summed E-state index contributed by atoms with van der Waals surface area (Å²) in [5.74, 6) is 1.06. The van der Waals surface area contributed by atoms with Crippen molar-refractivity contribution in [1.82, 2.24) is 19.9 Å². The van der Waals surface area contributed by atoms with Crippen molar-refractivity contribution < 1.29 is 0 Å². The first kappa shape index (κ1) is 16.9. The van der Waals surface area contributed by atoms with Crippen LogP contribution in [0.2, 0.25) is 0 Å². The van der Waals surface area contributed by atoms with E-state index in [1.54, 1.807) is 0 Å². The molecule has 1 aliphatic heterocycles. The molecule has 1 N–H and O–H groups in total. The van der Waals surface area contributed by atoms with Crippen LogP contribution in [0.15, 0.2) is 41.8 Å². The third-order valence-electron chi connectivity index (χ3n) is 4.59. The Morgan fingerprint density at radius 3 is 2.88 bits per heavy atom. The van der Waals surface area contributed by atoms with Crippen LogP contribution in [0.1, 0.15) is 12.8 Å². The SMILES string of the molecule is Cn1ccnc1SCCNC1CCN(c2nc3ccccc3s2)CC1. The van der Waals surface area contributed by atoms with Gasteiger partial charge in [0, 0.05) is 50.9 Å². The molecule has 1 aliphatic rings. The molecule has 0 aliphatic carbocycles. The summed E-state index contributed by atoms with van der Waals surface area (Å²) in [6, 6.07) is 9.02. The Hall–Kier alpha value is -1.57. The van der Waals surface area contributed by atoms with Gasteiger partial charge in [-0.3, -0.25) is 0 Å². The van der Waals surface area contributed by atoms with Crippen LogP contribution in [0.25, 0.3) is 10.2 Å². The highest BCUT2D eigenvalue weighted by atomic mass is 32.2. The maximum atomic E-state index is 4.79. The number of anilines is 1. The minimum Gasteiger partial charge on any atom is -0.348 e. The van der Waals surface area contributed by atoms with E-state index in [0.29, 0.717) is 6.04 Å². The van der Waals surface area contributed by atoms with E-state index >= 15 is 0 Å². The molecule has 2 aromatic heterocycles. The molecular weight excluding hydrogens is 350 g/mol. The molecule has 7 heteroatoms. The Kier molecular flexibility index (Phi) is 5.24. The summed E-state index contributed by atoms with van der Waals surface area (Å²) in [6.45, 7) is 3.21. The van der Waals surface area contributed by atoms with Crippen molar-refractivity contribution in [2.45, 2.75) is 24.0 Å². The van der Waals surface area contributed by atoms with Gasteiger partial charge in [0.05, 0.1) is 10.2 Å². The van der Waals surface area contributed by atoms with E-state index in [-0.39, 0.29) is 0 Å². The van der Waals surface area contributed by atoms with Crippen LogP contribution in [-0.2, 0) is 7.05 Å². The van der Waals surface area contributed by atoms with Crippen LogP contribution in [0.4, 0.5) is 5.13 Å². The number of imidazole rings is 1. The number of aromatic nitrogens is 3. The van der Waals surface area contributed by atoms with Crippen LogP contribution in [0.5, 0.6) is 0 Å². The molecule has 1 saturated heterocycles. The van der Waals surface area contributed by atoms with Crippen molar-refractivity contribution in [3.63, 3.8) is 0 Å². The monoisotopic (exact) mass is 373 g/mol. The smallest absolute Gasteiger partial charge is 0.186 e. The van der Waals surface area contributed by atoms with Gasteiger partial charge in [0.25, 0.3) is 0 Å². The van der Waals surface area contributed by atoms with Crippen molar-refractivity contribution in [3.05, 3.63) is 36.7 Å². The lowest BCUT2D eigenvalue weighted by atomic mass is 10.1. The standard InChI is InChI=1S/C18H23N5S2/c1-22-12-8-20-17(22)24-13-9-19-14-6-10-23(11-7-14)18-21-15-4-2-3-5-16(15)25-18/h2-5,8,12,14,19H,6-7,9-11,13H2,1H3. The van der Waals surface area contributed by atoms with Gasteiger partial charge in [-0.25, -0.2) is 9.97 Å². The number of piperidine rings is 1. The first-order valence-electron chi connectivity index (χ1n) is 8.73. The number of aryl methyl sites for hydroxylation is 1. The summed E-state index contributed by atoms with van der Waals surface area (Å²) < 4.78 is 3.35. The van der Waals surface area contributed by atoms with Gasteiger partial charge < -0.3 is 14.8 Å². The molecule has 1 aromatic carbocycles. The van der Waals surface area contributed by atoms with E-state index in [1.807, 2.05) is 42.5 Å². The van der Waals surface area contributed by atoms with Gasteiger partial charge >= 0.3 is 0 Å². The number of hydrogen-bond acceptors (Lipinski definition) is 6. The maximum absolute atomic E-state index is 4.79. The number of nitrogens with zero attached hydrogens (tertiary/aromatic N) is 4. The molecule has 0 atom stereocenters. The highest BCUT2D eigenvalue weighted by Gasteiger charge is 2.21. The number of nitrogens with one attached hydrogen (secondary N) is 1. The van der Waals surface area contributed by atoms with Gasteiger partial charge in [-0.2, -0.15) is 0 Å². The van der Waals surface area contributed by atoms with Gasteiger partial charge in [-0.1, -0.05) is 35.2 Å². The van der Waals surface area contributed by atoms with Crippen molar-refractivity contribution in [3.8, 4) is 0 Å². The van der Waals surface area contributed by atoms with Crippen molar-refractivity contribution >= 4 is 38.4 Å². The second-order valence-electron chi connectivity index (χ2n) is 6.35. The molecule has 5 nitrogen and oxygen atoms in total. The third kappa shape index (κ3) is 3.99. The van der Waals surface area contributed by atoms with Crippen LogP contribution in [-0.4, -0.2) is 46.0 Å². The molecule has 1 fully saturated rings. The molecule has 4 rings (SSSR count). The third-order valence-corrected chi connectivity index (χ3v) is 6.75. The van der Waals surface area contributed by atoms with Crippen LogP contribution >= 0.6 is 23.1 Å². The van der Waals surface area contributed by atoms with Gasteiger partial charge in [-0.05, 0) is 25.0 Å². The molecule has 0 radical (unpaired) electrons. The van der Waals surface area contributed by atoms with Gasteiger partial charge in [0.1, 0.15) is 0 Å². The number of thiazole rings is 1. The Bertz CT molecular complexity index is 787.